The van der Waals surface area contributed by atoms with E-state index in [2.05, 4.69) is 10.9 Å². The van der Waals surface area contributed by atoms with Crippen molar-refractivity contribution in [2.75, 3.05) is 6.26 Å². The molecule has 23 heavy (non-hydrogen) atoms. The zero-order valence-electron chi connectivity index (χ0n) is 12.9. The molecule has 0 aliphatic heterocycles. The lowest BCUT2D eigenvalue weighted by Crippen LogP contribution is -2.41. The summed E-state index contributed by atoms with van der Waals surface area (Å²) in [6.07, 6.45) is 2.82. The summed E-state index contributed by atoms with van der Waals surface area (Å²) in [5, 5.41) is 0.335. The van der Waals surface area contributed by atoms with Gasteiger partial charge in [-0.25, -0.2) is 0 Å². The summed E-state index contributed by atoms with van der Waals surface area (Å²) in [5.74, 6) is -0.831. The summed E-state index contributed by atoms with van der Waals surface area (Å²) in [7, 11) is 0. The number of amides is 2. The summed E-state index contributed by atoms with van der Waals surface area (Å²) in [6.45, 7) is 2.04. The van der Waals surface area contributed by atoms with Crippen LogP contribution in [0.1, 0.15) is 33.2 Å². The predicted molar refractivity (Wildman–Crippen MR) is 94.0 cm³/mol. The number of hydrogen-bond acceptors (Lipinski definition) is 3. The molecular formula is C17H17ClN2O2S. The second-order valence-electron chi connectivity index (χ2n) is 4.80. The molecule has 0 atom stereocenters. The van der Waals surface area contributed by atoms with E-state index < -0.39 is 5.91 Å². The summed E-state index contributed by atoms with van der Waals surface area (Å²) >= 11 is 7.54. The van der Waals surface area contributed by atoms with Gasteiger partial charge in [-0.05, 0) is 48.6 Å². The van der Waals surface area contributed by atoms with Crippen molar-refractivity contribution in [3.63, 3.8) is 0 Å². The van der Waals surface area contributed by atoms with Crippen LogP contribution in [0.3, 0.4) is 0 Å². The quantitative estimate of drug-likeness (QED) is 0.654. The number of nitrogens with one attached hydrogen (secondary N) is 2. The fourth-order valence-electron chi connectivity index (χ4n) is 1.95. The van der Waals surface area contributed by atoms with Crippen molar-refractivity contribution in [2.24, 2.45) is 0 Å². The standard InChI is InChI=1S/C17H17ClN2O2S/c1-3-11-4-6-12(7-5-11)16(21)19-20-17(22)14-10-13(23-2)8-9-15(14)18/h4-10H,3H2,1-2H3,(H,19,21)(H,20,22). The minimum Gasteiger partial charge on any atom is -0.267 e. The minimum absolute atomic E-state index is 0.320. The molecule has 0 fully saturated rings. The summed E-state index contributed by atoms with van der Waals surface area (Å²) in [4.78, 5) is 25.1. The minimum atomic E-state index is -0.454. The molecule has 0 heterocycles. The van der Waals surface area contributed by atoms with Crippen LogP contribution in [0.15, 0.2) is 47.4 Å². The monoisotopic (exact) mass is 348 g/mol. The molecule has 120 valence electrons. The Morgan fingerprint density at radius 3 is 2.30 bits per heavy atom. The van der Waals surface area contributed by atoms with Gasteiger partial charge < -0.3 is 0 Å². The SMILES string of the molecule is CCc1ccc(C(=O)NNC(=O)c2cc(SC)ccc2Cl)cc1. The summed E-state index contributed by atoms with van der Waals surface area (Å²) < 4.78 is 0. The van der Waals surface area contributed by atoms with Crippen LogP contribution in [0.5, 0.6) is 0 Å². The second-order valence-corrected chi connectivity index (χ2v) is 6.09. The van der Waals surface area contributed by atoms with E-state index in [1.165, 1.54) is 11.8 Å². The average Bonchev–Trinajstić information content (AvgIpc) is 2.59. The van der Waals surface area contributed by atoms with Crippen molar-refractivity contribution in [1.82, 2.24) is 10.9 Å². The lowest BCUT2D eigenvalue weighted by Gasteiger charge is -2.09. The van der Waals surface area contributed by atoms with E-state index in [1.807, 2.05) is 31.4 Å². The second kappa shape index (κ2) is 8.04. The van der Waals surface area contributed by atoms with E-state index in [1.54, 1.807) is 24.3 Å². The maximum atomic E-state index is 12.2. The maximum absolute atomic E-state index is 12.2. The van der Waals surface area contributed by atoms with Crippen LogP contribution in [-0.4, -0.2) is 18.1 Å². The average molecular weight is 349 g/mol. The van der Waals surface area contributed by atoms with E-state index in [0.717, 1.165) is 16.9 Å². The third-order valence-corrected chi connectivity index (χ3v) is 4.39. The molecule has 0 spiro atoms. The van der Waals surface area contributed by atoms with Crippen molar-refractivity contribution in [3.8, 4) is 0 Å². The molecule has 4 nitrogen and oxygen atoms in total. The molecule has 0 radical (unpaired) electrons. The third kappa shape index (κ3) is 4.50. The Hall–Kier alpha value is -1.98. The topological polar surface area (TPSA) is 58.2 Å². The van der Waals surface area contributed by atoms with Gasteiger partial charge in [-0.3, -0.25) is 20.4 Å². The Morgan fingerprint density at radius 2 is 1.70 bits per heavy atom. The Kier molecular flexibility index (Phi) is 6.07. The van der Waals surface area contributed by atoms with Gasteiger partial charge in [0.2, 0.25) is 0 Å². The Labute approximate surface area is 144 Å². The molecule has 0 aromatic heterocycles. The van der Waals surface area contributed by atoms with Gasteiger partial charge in [0.1, 0.15) is 0 Å². The smallest absolute Gasteiger partial charge is 0.267 e. The Morgan fingerprint density at radius 1 is 1.04 bits per heavy atom. The van der Waals surface area contributed by atoms with Gasteiger partial charge >= 0.3 is 0 Å². The highest BCUT2D eigenvalue weighted by Crippen LogP contribution is 2.22. The first kappa shape index (κ1) is 17.4. The number of carbonyl (C=O) groups is 2. The van der Waals surface area contributed by atoms with Crippen LogP contribution in [-0.2, 0) is 6.42 Å². The van der Waals surface area contributed by atoms with Crippen molar-refractivity contribution in [1.29, 1.82) is 0 Å². The zero-order valence-corrected chi connectivity index (χ0v) is 14.4. The third-order valence-electron chi connectivity index (χ3n) is 3.33. The van der Waals surface area contributed by atoms with Gasteiger partial charge in [0.15, 0.2) is 0 Å². The molecule has 2 aromatic carbocycles. The molecule has 2 aromatic rings. The molecule has 0 saturated carbocycles. The molecule has 2 amide bonds. The summed E-state index contributed by atoms with van der Waals surface area (Å²) in [6, 6.07) is 12.4. The fourth-order valence-corrected chi connectivity index (χ4v) is 2.59. The molecule has 2 rings (SSSR count). The van der Waals surface area contributed by atoms with Gasteiger partial charge in [0, 0.05) is 10.5 Å². The fraction of sp³-hybridized carbons (Fsp3) is 0.176. The number of rotatable bonds is 4. The number of carbonyl (C=O) groups excluding carboxylic acids is 2. The molecule has 0 aliphatic carbocycles. The van der Waals surface area contributed by atoms with E-state index in [0.29, 0.717) is 16.1 Å². The van der Waals surface area contributed by atoms with Crippen molar-refractivity contribution in [3.05, 3.63) is 64.2 Å². The number of aryl methyl sites for hydroxylation is 1. The van der Waals surface area contributed by atoms with Gasteiger partial charge in [0.05, 0.1) is 10.6 Å². The van der Waals surface area contributed by atoms with Crippen LogP contribution in [0.2, 0.25) is 5.02 Å². The Bertz CT molecular complexity index is 717. The lowest BCUT2D eigenvalue weighted by molar-refractivity contribution is 0.0846. The number of thioether (sulfide) groups is 1. The predicted octanol–water partition coefficient (Wildman–Crippen LogP) is 3.70. The number of halogens is 1. The largest absolute Gasteiger partial charge is 0.271 e. The molecule has 0 bridgehead atoms. The van der Waals surface area contributed by atoms with Crippen molar-refractivity contribution < 1.29 is 9.59 Å². The number of hydrazine groups is 1. The van der Waals surface area contributed by atoms with E-state index in [4.69, 9.17) is 11.6 Å². The van der Waals surface area contributed by atoms with E-state index in [9.17, 15) is 9.59 Å². The van der Waals surface area contributed by atoms with Gasteiger partial charge in [-0.1, -0.05) is 30.7 Å². The Balaban J connectivity index is 2.02. The molecule has 0 aliphatic rings. The van der Waals surface area contributed by atoms with Crippen LogP contribution in [0.4, 0.5) is 0 Å². The molecule has 2 N–H and O–H groups in total. The maximum Gasteiger partial charge on any atom is 0.271 e. The first-order valence-corrected chi connectivity index (χ1v) is 8.68. The van der Waals surface area contributed by atoms with Crippen LogP contribution in [0, 0.1) is 0 Å². The highest BCUT2D eigenvalue weighted by molar-refractivity contribution is 7.98. The highest BCUT2D eigenvalue weighted by Gasteiger charge is 2.13. The number of benzene rings is 2. The first-order chi connectivity index (χ1) is 11.0. The molecule has 0 unspecified atom stereocenters. The highest BCUT2D eigenvalue weighted by atomic mass is 35.5. The zero-order chi connectivity index (χ0) is 16.8. The first-order valence-electron chi connectivity index (χ1n) is 7.08. The normalized spacial score (nSPS) is 10.2. The van der Waals surface area contributed by atoms with Crippen LogP contribution >= 0.6 is 23.4 Å². The molecular weight excluding hydrogens is 332 g/mol. The number of hydrogen-bond donors (Lipinski definition) is 2. The van der Waals surface area contributed by atoms with Gasteiger partial charge in [-0.15, -0.1) is 11.8 Å². The molecule has 0 saturated heterocycles. The van der Waals surface area contributed by atoms with E-state index in [-0.39, 0.29) is 5.91 Å². The molecule has 6 heteroatoms. The van der Waals surface area contributed by atoms with Crippen molar-refractivity contribution in [2.45, 2.75) is 18.2 Å². The van der Waals surface area contributed by atoms with Crippen molar-refractivity contribution >= 4 is 35.2 Å². The van der Waals surface area contributed by atoms with Gasteiger partial charge in [-0.2, -0.15) is 0 Å². The van der Waals surface area contributed by atoms with E-state index >= 15 is 0 Å². The van der Waals surface area contributed by atoms with Gasteiger partial charge in [0.25, 0.3) is 11.8 Å². The van der Waals surface area contributed by atoms with Crippen LogP contribution < -0.4 is 10.9 Å². The van der Waals surface area contributed by atoms with Crippen LogP contribution in [0.25, 0.3) is 0 Å². The lowest BCUT2D eigenvalue weighted by atomic mass is 10.1. The summed E-state index contributed by atoms with van der Waals surface area (Å²) in [5.41, 5.74) is 6.72.